The van der Waals surface area contributed by atoms with Gasteiger partial charge in [-0.05, 0) is 24.6 Å². The molecular formula is C11H15ClO2. The van der Waals surface area contributed by atoms with Gasteiger partial charge in [-0.15, -0.1) is 0 Å². The van der Waals surface area contributed by atoms with Crippen molar-refractivity contribution in [1.82, 2.24) is 0 Å². The van der Waals surface area contributed by atoms with Crippen LogP contribution in [0.2, 0.25) is 5.02 Å². The second kappa shape index (κ2) is 5.23. The van der Waals surface area contributed by atoms with E-state index in [0.29, 0.717) is 11.4 Å². The molecule has 0 aliphatic heterocycles. The van der Waals surface area contributed by atoms with E-state index in [4.69, 9.17) is 16.3 Å². The number of hydrogen-bond acceptors (Lipinski definition) is 2. The highest BCUT2D eigenvalue weighted by Crippen LogP contribution is 2.29. The molecule has 3 heteroatoms. The Balaban J connectivity index is 2.93. The topological polar surface area (TPSA) is 29.5 Å². The number of methoxy groups -OCH3 is 1. The van der Waals surface area contributed by atoms with Crippen molar-refractivity contribution in [2.75, 3.05) is 7.11 Å². The highest BCUT2D eigenvalue weighted by atomic mass is 35.5. The summed E-state index contributed by atoms with van der Waals surface area (Å²) in [6.07, 6.45) is 1.14. The van der Waals surface area contributed by atoms with Crippen LogP contribution in [0.15, 0.2) is 18.2 Å². The van der Waals surface area contributed by atoms with E-state index in [1.807, 2.05) is 6.92 Å². The summed E-state index contributed by atoms with van der Waals surface area (Å²) >= 11 is 5.97. The number of rotatable bonds is 4. The van der Waals surface area contributed by atoms with Gasteiger partial charge in [0.2, 0.25) is 0 Å². The lowest BCUT2D eigenvalue weighted by molar-refractivity contribution is 0.166. The van der Waals surface area contributed by atoms with Crippen LogP contribution >= 0.6 is 11.6 Å². The molecule has 0 heterocycles. The van der Waals surface area contributed by atoms with Crippen LogP contribution in [0.3, 0.4) is 0 Å². The van der Waals surface area contributed by atoms with Crippen LogP contribution in [0.1, 0.15) is 31.4 Å². The van der Waals surface area contributed by atoms with E-state index in [1.54, 1.807) is 25.3 Å². The van der Waals surface area contributed by atoms with Gasteiger partial charge in [-0.2, -0.15) is 0 Å². The van der Waals surface area contributed by atoms with Crippen molar-refractivity contribution in [3.63, 3.8) is 0 Å². The first-order chi connectivity index (χ1) is 6.69. The molecule has 0 spiro atoms. The van der Waals surface area contributed by atoms with Gasteiger partial charge in [0.05, 0.1) is 13.2 Å². The quantitative estimate of drug-likeness (QED) is 0.834. The molecule has 2 nitrogen and oxygen atoms in total. The highest BCUT2D eigenvalue weighted by Gasteiger charge is 2.11. The first kappa shape index (κ1) is 11.3. The van der Waals surface area contributed by atoms with Crippen LogP contribution in [0.4, 0.5) is 0 Å². The minimum Gasteiger partial charge on any atom is -0.497 e. The lowest BCUT2D eigenvalue weighted by atomic mass is 10.1. The van der Waals surface area contributed by atoms with Crippen molar-refractivity contribution in [3.8, 4) is 5.75 Å². The Morgan fingerprint density at radius 3 is 2.79 bits per heavy atom. The van der Waals surface area contributed by atoms with Crippen LogP contribution in [0, 0.1) is 0 Å². The van der Waals surface area contributed by atoms with Gasteiger partial charge in [0.15, 0.2) is 0 Å². The van der Waals surface area contributed by atoms with Crippen LogP contribution in [0.5, 0.6) is 5.75 Å². The molecule has 0 aromatic heterocycles. The first-order valence-corrected chi connectivity index (χ1v) is 5.08. The molecule has 1 atom stereocenters. The Kier molecular flexibility index (Phi) is 4.23. The van der Waals surface area contributed by atoms with Crippen LogP contribution in [-0.2, 0) is 0 Å². The molecule has 0 fully saturated rings. The highest BCUT2D eigenvalue weighted by molar-refractivity contribution is 6.31. The number of aliphatic hydroxyl groups is 1. The van der Waals surface area contributed by atoms with Crippen molar-refractivity contribution in [1.29, 1.82) is 0 Å². The lowest BCUT2D eigenvalue weighted by Gasteiger charge is -2.12. The Bertz CT molecular complexity index is 299. The largest absolute Gasteiger partial charge is 0.497 e. The minimum atomic E-state index is -0.498. The van der Waals surface area contributed by atoms with Gasteiger partial charge in [0.1, 0.15) is 5.75 Å². The van der Waals surface area contributed by atoms with Gasteiger partial charge in [-0.25, -0.2) is 0 Å². The Morgan fingerprint density at radius 2 is 2.21 bits per heavy atom. The normalized spacial score (nSPS) is 12.6. The summed E-state index contributed by atoms with van der Waals surface area (Å²) in [5.74, 6) is 0.722. The second-order valence-corrected chi connectivity index (χ2v) is 3.60. The molecule has 0 bridgehead atoms. The van der Waals surface area contributed by atoms with E-state index in [9.17, 15) is 5.11 Å². The second-order valence-electron chi connectivity index (χ2n) is 3.19. The molecule has 1 unspecified atom stereocenters. The van der Waals surface area contributed by atoms with Gasteiger partial charge < -0.3 is 9.84 Å². The van der Waals surface area contributed by atoms with Crippen molar-refractivity contribution in [3.05, 3.63) is 28.8 Å². The third-order valence-corrected chi connectivity index (χ3v) is 2.47. The zero-order valence-corrected chi connectivity index (χ0v) is 9.21. The maximum Gasteiger partial charge on any atom is 0.119 e. The van der Waals surface area contributed by atoms with Gasteiger partial charge in [0, 0.05) is 10.6 Å². The summed E-state index contributed by atoms with van der Waals surface area (Å²) in [6, 6.07) is 5.31. The van der Waals surface area contributed by atoms with Gasteiger partial charge in [-0.1, -0.05) is 24.9 Å². The standard InChI is InChI=1S/C11H15ClO2/c1-3-4-11(13)9-7-8(14-2)5-6-10(9)12/h5-7,11,13H,3-4H2,1-2H3. The van der Waals surface area contributed by atoms with E-state index >= 15 is 0 Å². The van der Waals surface area contributed by atoms with Crippen molar-refractivity contribution in [2.45, 2.75) is 25.9 Å². The molecule has 0 amide bonds. The molecule has 1 aromatic carbocycles. The maximum absolute atomic E-state index is 9.78. The van der Waals surface area contributed by atoms with E-state index < -0.39 is 6.10 Å². The molecule has 0 aliphatic carbocycles. The maximum atomic E-state index is 9.78. The molecule has 78 valence electrons. The van der Waals surface area contributed by atoms with Crippen molar-refractivity contribution in [2.24, 2.45) is 0 Å². The summed E-state index contributed by atoms with van der Waals surface area (Å²) in [5, 5.41) is 10.4. The van der Waals surface area contributed by atoms with Gasteiger partial charge in [0.25, 0.3) is 0 Å². The van der Waals surface area contributed by atoms with Crippen LogP contribution < -0.4 is 4.74 Å². The number of hydrogen-bond donors (Lipinski definition) is 1. The zero-order valence-electron chi connectivity index (χ0n) is 8.46. The fraction of sp³-hybridized carbons (Fsp3) is 0.455. The van der Waals surface area contributed by atoms with Crippen LogP contribution in [0.25, 0.3) is 0 Å². The molecule has 1 rings (SSSR count). The van der Waals surface area contributed by atoms with Gasteiger partial charge >= 0.3 is 0 Å². The summed E-state index contributed by atoms with van der Waals surface area (Å²) in [5.41, 5.74) is 0.743. The van der Waals surface area contributed by atoms with E-state index in [-0.39, 0.29) is 0 Å². The predicted molar refractivity (Wildman–Crippen MR) is 57.9 cm³/mol. The Morgan fingerprint density at radius 1 is 1.50 bits per heavy atom. The first-order valence-electron chi connectivity index (χ1n) is 4.70. The molecule has 1 N–H and O–H groups in total. The number of benzene rings is 1. The average Bonchev–Trinajstić information content (AvgIpc) is 2.19. The predicted octanol–water partition coefficient (Wildman–Crippen LogP) is 3.18. The molecular weight excluding hydrogens is 200 g/mol. The average molecular weight is 215 g/mol. The summed E-state index contributed by atoms with van der Waals surface area (Å²) in [4.78, 5) is 0. The fourth-order valence-corrected chi connectivity index (χ4v) is 1.58. The number of ether oxygens (including phenoxy) is 1. The summed E-state index contributed by atoms with van der Waals surface area (Å²) in [6.45, 7) is 2.03. The fourth-order valence-electron chi connectivity index (χ4n) is 1.33. The third kappa shape index (κ3) is 2.63. The monoisotopic (exact) mass is 214 g/mol. The number of halogens is 1. The molecule has 0 radical (unpaired) electrons. The summed E-state index contributed by atoms with van der Waals surface area (Å²) in [7, 11) is 1.60. The Hall–Kier alpha value is -0.730. The van der Waals surface area contributed by atoms with E-state index in [2.05, 4.69) is 0 Å². The summed E-state index contributed by atoms with van der Waals surface area (Å²) < 4.78 is 5.07. The molecule has 0 aliphatic rings. The SMILES string of the molecule is CCCC(O)c1cc(OC)ccc1Cl. The zero-order chi connectivity index (χ0) is 10.6. The molecule has 14 heavy (non-hydrogen) atoms. The van der Waals surface area contributed by atoms with Gasteiger partial charge in [-0.3, -0.25) is 0 Å². The third-order valence-electron chi connectivity index (χ3n) is 2.12. The lowest BCUT2D eigenvalue weighted by Crippen LogP contribution is -1.98. The minimum absolute atomic E-state index is 0.498. The molecule has 0 saturated heterocycles. The smallest absolute Gasteiger partial charge is 0.119 e. The molecule has 1 aromatic rings. The van der Waals surface area contributed by atoms with Crippen LogP contribution in [-0.4, -0.2) is 12.2 Å². The van der Waals surface area contributed by atoms with E-state index in [0.717, 1.165) is 17.7 Å². The molecule has 0 saturated carbocycles. The van der Waals surface area contributed by atoms with Crippen molar-refractivity contribution >= 4 is 11.6 Å². The number of aliphatic hydroxyl groups excluding tert-OH is 1. The van der Waals surface area contributed by atoms with E-state index in [1.165, 1.54) is 0 Å². The van der Waals surface area contributed by atoms with Crippen molar-refractivity contribution < 1.29 is 9.84 Å². The Labute approximate surface area is 89.5 Å².